The molecule has 2 heterocycles. The van der Waals surface area contributed by atoms with Crippen LogP contribution in [0.4, 0.5) is 0 Å². The highest BCUT2D eigenvalue weighted by Crippen LogP contribution is 2.37. The van der Waals surface area contributed by atoms with Gasteiger partial charge in [-0.25, -0.2) is 0 Å². The quantitative estimate of drug-likeness (QED) is 0.720. The zero-order chi connectivity index (χ0) is 21.8. The Morgan fingerprint density at radius 3 is 2.60 bits per heavy atom. The van der Waals surface area contributed by atoms with Gasteiger partial charge in [0.05, 0.1) is 25.3 Å². The monoisotopic (exact) mass is 435 g/mol. The van der Waals surface area contributed by atoms with Crippen molar-refractivity contribution in [2.45, 2.75) is 46.3 Å². The number of halogens is 1. The van der Waals surface area contributed by atoms with Crippen LogP contribution in [0.25, 0.3) is 0 Å². The Morgan fingerprint density at radius 2 is 1.93 bits per heavy atom. The Bertz CT molecular complexity index is 899. The van der Waals surface area contributed by atoms with Crippen LogP contribution in [0, 0.1) is 5.92 Å². The molecule has 9 heteroatoms. The number of carbonyl (C=O) groups is 1. The molecule has 8 nitrogen and oxygen atoms in total. The third-order valence-corrected chi connectivity index (χ3v) is 5.79. The lowest BCUT2D eigenvalue weighted by Gasteiger charge is -2.22. The standard InChI is InChI=1S/C21H30ClN5O3/c1-13(2)21(28)23-14(3)20-25-24-17-8-9-26(10-11-27(17)20)12-15-6-7-16(29-4)19(30-5)18(15)22/h6-7,13-14H,8-12H2,1-5H3,(H,23,28)/t14-/m0/s1. The molecular weight excluding hydrogens is 406 g/mol. The van der Waals surface area contributed by atoms with Crippen LogP contribution in [0.2, 0.25) is 5.02 Å². The van der Waals surface area contributed by atoms with Crippen LogP contribution in [0.3, 0.4) is 0 Å². The Labute approximate surface area is 182 Å². The van der Waals surface area contributed by atoms with Crippen LogP contribution >= 0.6 is 11.6 Å². The predicted molar refractivity (Wildman–Crippen MR) is 115 cm³/mol. The molecule has 164 valence electrons. The largest absolute Gasteiger partial charge is 0.493 e. The maximum atomic E-state index is 12.1. The second-order valence-electron chi connectivity index (χ2n) is 7.81. The van der Waals surface area contributed by atoms with Gasteiger partial charge in [0.1, 0.15) is 5.82 Å². The van der Waals surface area contributed by atoms with Gasteiger partial charge in [-0.05, 0) is 18.6 Å². The topological polar surface area (TPSA) is 81.5 Å². The average molecular weight is 436 g/mol. The molecule has 0 aliphatic carbocycles. The predicted octanol–water partition coefficient (Wildman–Crippen LogP) is 2.84. The van der Waals surface area contributed by atoms with Gasteiger partial charge in [0.25, 0.3) is 0 Å². The highest BCUT2D eigenvalue weighted by molar-refractivity contribution is 6.33. The van der Waals surface area contributed by atoms with Crippen molar-refractivity contribution in [1.29, 1.82) is 0 Å². The number of fused-ring (bicyclic) bond motifs is 1. The third-order valence-electron chi connectivity index (χ3n) is 5.38. The Balaban J connectivity index is 1.71. The lowest BCUT2D eigenvalue weighted by Crippen LogP contribution is -2.32. The molecule has 1 aromatic carbocycles. The van der Waals surface area contributed by atoms with Crippen LogP contribution in [-0.2, 0) is 24.3 Å². The zero-order valence-corrected chi connectivity index (χ0v) is 19.0. The van der Waals surface area contributed by atoms with Gasteiger partial charge in [-0.2, -0.15) is 0 Å². The lowest BCUT2D eigenvalue weighted by molar-refractivity contribution is -0.124. The van der Waals surface area contributed by atoms with Gasteiger partial charge in [-0.3, -0.25) is 9.69 Å². The van der Waals surface area contributed by atoms with E-state index in [-0.39, 0.29) is 17.9 Å². The molecule has 1 aliphatic rings. The first-order valence-corrected chi connectivity index (χ1v) is 10.6. The van der Waals surface area contributed by atoms with Crippen LogP contribution in [0.15, 0.2) is 12.1 Å². The summed E-state index contributed by atoms with van der Waals surface area (Å²) in [5.41, 5.74) is 0.991. The molecule has 30 heavy (non-hydrogen) atoms. The van der Waals surface area contributed by atoms with Crippen LogP contribution in [0.5, 0.6) is 11.5 Å². The van der Waals surface area contributed by atoms with Gasteiger partial charge in [-0.1, -0.05) is 31.5 Å². The molecule has 1 amide bonds. The second kappa shape index (κ2) is 9.66. The molecule has 0 fully saturated rings. The first-order valence-electron chi connectivity index (χ1n) is 10.2. The molecule has 1 atom stereocenters. The Morgan fingerprint density at radius 1 is 1.17 bits per heavy atom. The van der Waals surface area contributed by atoms with Gasteiger partial charge in [0.2, 0.25) is 5.91 Å². The summed E-state index contributed by atoms with van der Waals surface area (Å²) in [6.45, 7) is 8.83. The van der Waals surface area contributed by atoms with Crippen molar-refractivity contribution >= 4 is 17.5 Å². The van der Waals surface area contributed by atoms with E-state index in [9.17, 15) is 4.79 Å². The van der Waals surface area contributed by atoms with E-state index in [0.29, 0.717) is 23.1 Å². The van der Waals surface area contributed by atoms with Crippen molar-refractivity contribution in [2.24, 2.45) is 5.92 Å². The number of carbonyl (C=O) groups excluding carboxylic acids is 1. The number of hydrogen-bond acceptors (Lipinski definition) is 6. The fourth-order valence-electron chi connectivity index (χ4n) is 3.61. The molecule has 0 saturated carbocycles. The summed E-state index contributed by atoms with van der Waals surface area (Å²) >= 11 is 6.56. The first-order chi connectivity index (χ1) is 14.3. The molecule has 0 unspecified atom stereocenters. The van der Waals surface area contributed by atoms with E-state index in [2.05, 4.69) is 25.0 Å². The summed E-state index contributed by atoms with van der Waals surface area (Å²) in [5, 5.41) is 12.3. The number of ether oxygens (including phenoxy) is 2. The highest BCUT2D eigenvalue weighted by atomic mass is 35.5. The Hall–Kier alpha value is -2.32. The molecule has 1 aliphatic heterocycles. The van der Waals surface area contributed by atoms with Crippen molar-refractivity contribution in [3.8, 4) is 11.5 Å². The first kappa shape index (κ1) is 22.4. The van der Waals surface area contributed by atoms with E-state index in [1.807, 2.05) is 32.9 Å². The van der Waals surface area contributed by atoms with Crippen LogP contribution < -0.4 is 14.8 Å². The van der Waals surface area contributed by atoms with Crippen molar-refractivity contribution < 1.29 is 14.3 Å². The molecule has 1 aromatic heterocycles. The summed E-state index contributed by atoms with van der Waals surface area (Å²) in [5.74, 6) is 2.86. The summed E-state index contributed by atoms with van der Waals surface area (Å²) in [7, 11) is 3.19. The van der Waals surface area contributed by atoms with Gasteiger partial charge >= 0.3 is 0 Å². The second-order valence-corrected chi connectivity index (χ2v) is 8.19. The smallest absolute Gasteiger partial charge is 0.223 e. The van der Waals surface area contributed by atoms with Crippen LogP contribution in [-0.4, -0.2) is 52.9 Å². The number of methoxy groups -OCH3 is 2. The number of benzene rings is 1. The van der Waals surface area contributed by atoms with Gasteiger partial charge in [0, 0.05) is 38.5 Å². The minimum atomic E-state index is -0.187. The number of amides is 1. The zero-order valence-electron chi connectivity index (χ0n) is 18.2. The molecule has 0 saturated heterocycles. The molecule has 0 bridgehead atoms. The number of hydrogen-bond donors (Lipinski definition) is 1. The maximum absolute atomic E-state index is 12.1. The summed E-state index contributed by atoms with van der Waals surface area (Å²) in [4.78, 5) is 14.4. The van der Waals surface area contributed by atoms with Crippen molar-refractivity contribution in [1.82, 2.24) is 25.0 Å². The summed E-state index contributed by atoms with van der Waals surface area (Å²) in [6, 6.07) is 3.67. The van der Waals surface area contributed by atoms with Crippen molar-refractivity contribution in [3.05, 3.63) is 34.4 Å². The minimum Gasteiger partial charge on any atom is -0.493 e. The number of rotatable bonds is 7. The van der Waals surface area contributed by atoms with Gasteiger partial charge in [-0.15, -0.1) is 10.2 Å². The number of nitrogens with zero attached hydrogens (tertiary/aromatic N) is 4. The maximum Gasteiger partial charge on any atom is 0.223 e. The molecule has 2 aromatic rings. The fourth-order valence-corrected chi connectivity index (χ4v) is 3.90. The lowest BCUT2D eigenvalue weighted by atomic mass is 10.1. The van der Waals surface area contributed by atoms with Crippen molar-refractivity contribution in [2.75, 3.05) is 27.3 Å². The van der Waals surface area contributed by atoms with E-state index in [0.717, 1.165) is 43.3 Å². The molecular formula is C21H30ClN5O3. The minimum absolute atomic E-state index is 0.0122. The average Bonchev–Trinajstić information content (AvgIpc) is 3.03. The highest BCUT2D eigenvalue weighted by Gasteiger charge is 2.24. The summed E-state index contributed by atoms with van der Waals surface area (Å²) in [6.07, 6.45) is 0.781. The van der Waals surface area contributed by atoms with E-state index in [1.54, 1.807) is 14.2 Å². The van der Waals surface area contributed by atoms with Gasteiger partial charge < -0.3 is 19.4 Å². The van der Waals surface area contributed by atoms with E-state index in [4.69, 9.17) is 21.1 Å². The normalized spacial score (nSPS) is 15.4. The summed E-state index contributed by atoms with van der Waals surface area (Å²) < 4.78 is 12.9. The molecule has 1 N–H and O–H groups in total. The molecule has 0 spiro atoms. The Kier molecular flexibility index (Phi) is 7.20. The number of aromatic nitrogens is 3. The third kappa shape index (κ3) is 4.70. The van der Waals surface area contributed by atoms with E-state index >= 15 is 0 Å². The van der Waals surface area contributed by atoms with E-state index < -0.39 is 0 Å². The molecule has 0 radical (unpaired) electrons. The van der Waals surface area contributed by atoms with Crippen molar-refractivity contribution in [3.63, 3.8) is 0 Å². The molecule has 3 rings (SSSR count). The SMILES string of the molecule is COc1ccc(CN2CCc3nnc([C@H](C)NC(=O)C(C)C)n3CC2)c(Cl)c1OC. The van der Waals surface area contributed by atoms with E-state index in [1.165, 1.54) is 0 Å². The fraction of sp³-hybridized carbons (Fsp3) is 0.571. The number of nitrogens with one attached hydrogen (secondary N) is 1. The van der Waals surface area contributed by atoms with Crippen LogP contribution in [0.1, 0.15) is 44.0 Å². The van der Waals surface area contributed by atoms with Gasteiger partial charge in [0.15, 0.2) is 17.3 Å².